The summed E-state index contributed by atoms with van der Waals surface area (Å²) in [5.41, 5.74) is 5.09. The van der Waals surface area contributed by atoms with E-state index in [9.17, 15) is 19.2 Å². The van der Waals surface area contributed by atoms with Gasteiger partial charge in [0.2, 0.25) is 0 Å². The van der Waals surface area contributed by atoms with Gasteiger partial charge in [0, 0.05) is 12.8 Å². The number of allylic oxidation sites excluding steroid dienone is 2. The van der Waals surface area contributed by atoms with Crippen molar-refractivity contribution >= 4 is 66.9 Å². The SMILES string of the molecule is COC(=O)C(Br)C(C)(C)C(=O)OCCCOc1ccc2c(c1)/C(=C1\c3cc(OCCCOC(=O)C(C)(C)C(Br)C(=O)OC)ccc3CC1(C)C)C(C)(C)C2. The van der Waals surface area contributed by atoms with Crippen molar-refractivity contribution < 1.29 is 47.6 Å². The highest BCUT2D eigenvalue weighted by Gasteiger charge is 2.45. The average Bonchev–Trinajstić information content (AvgIpc) is 3.54. The predicted octanol–water partition coefficient (Wildman–Crippen LogP) is 8.31. The summed E-state index contributed by atoms with van der Waals surface area (Å²) in [7, 11) is 2.56. The third-order valence-electron chi connectivity index (χ3n) is 10.3. The summed E-state index contributed by atoms with van der Waals surface area (Å²) >= 11 is 6.51. The fourth-order valence-corrected chi connectivity index (χ4v) is 7.82. The minimum Gasteiger partial charge on any atom is -0.493 e. The quantitative estimate of drug-likeness (QED) is 0.0704. The van der Waals surface area contributed by atoms with Gasteiger partial charge in [0.25, 0.3) is 0 Å². The molecule has 2 aliphatic rings. The molecule has 10 nitrogen and oxygen atoms in total. The minimum absolute atomic E-state index is 0.121. The number of hydrogen-bond acceptors (Lipinski definition) is 10. The number of rotatable bonds is 16. The summed E-state index contributed by atoms with van der Waals surface area (Å²) in [6.45, 7) is 16.8. The first-order valence-electron chi connectivity index (χ1n) is 18.2. The molecule has 2 atom stereocenters. The molecular formula is C42H54Br2O10. The molecule has 0 saturated carbocycles. The topological polar surface area (TPSA) is 124 Å². The monoisotopic (exact) mass is 876 g/mol. The number of esters is 4. The smallest absolute Gasteiger partial charge is 0.320 e. The maximum absolute atomic E-state index is 12.7. The Balaban J connectivity index is 1.44. The van der Waals surface area contributed by atoms with Gasteiger partial charge in [-0.15, -0.1) is 0 Å². The van der Waals surface area contributed by atoms with E-state index in [1.54, 1.807) is 27.7 Å². The largest absolute Gasteiger partial charge is 0.493 e. The van der Waals surface area contributed by atoms with Gasteiger partial charge < -0.3 is 28.4 Å². The van der Waals surface area contributed by atoms with Crippen LogP contribution in [-0.2, 0) is 51.0 Å². The Morgan fingerprint density at radius 1 is 0.630 bits per heavy atom. The lowest BCUT2D eigenvalue weighted by atomic mass is 9.74. The number of methoxy groups -OCH3 is 2. The lowest BCUT2D eigenvalue weighted by Gasteiger charge is -2.30. The first-order chi connectivity index (χ1) is 25.2. The maximum Gasteiger partial charge on any atom is 0.320 e. The van der Waals surface area contributed by atoms with Crippen LogP contribution in [0.3, 0.4) is 0 Å². The van der Waals surface area contributed by atoms with Crippen molar-refractivity contribution in [2.75, 3.05) is 40.6 Å². The molecule has 12 heteroatoms. The van der Waals surface area contributed by atoms with Gasteiger partial charge in [0.05, 0.1) is 51.5 Å². The third kappa shape index (κ3) is 9.34. The normalized spacial score (nSPS) is 18.1. The van der Waals surface area contributed by atoms with E-state index in [2.05, 4.69) is 83.8 Å². The summed E-state index contributed by atoms with van der Waals surface area (Å²) in [6.07, 6.45) is 2.78. The maximum atomic E-state index is 12.7. The Hall–Kier alpha value is -3.38. The standard InChI is InChI=1S/C42H54Br2O10/c1-39(2)23-25-13-15-27(51-17-11-19-53-37(47)41(5,6)33(43)35(45)49-9)21-29(25)31(39)32-30-22-28(16-14-26(30)24-40(32,3)4)52-18-12-20-54-38(48)42(7,8)34(44)36(46)50-10/h13-16,21-22,33-34H,11-12,17-20,23-24H2,1-10H3/b32-31-. The van der Waals surface area contributed by atoms with Crippen molar-refractivity contribution in [2.24, 2.45) is 21.7 Å². The van der Waals surface area contributed by atoms with Gasteiger partial charge in [-0.3, -0.25) is 19.2 Å². The molecule has 2 aromatic carbocycles. The number of carbonyl (C=O) groups excluding carboxylic acids is 4. The number of halogens is 2. The summed E-state index contributed by atoms with van der Waals surface area (Å²) in [5.74, 6) is -0.563. The second kappa shape index (κ2) is 17.2. The predicted molar refractivity (Wildman–Crippen MR) is 214 cm³/mol. The zero-order valence-corrected chi connectivity index (χ0v) is 36.3. The summed E-state index contributed by atoms with van der Waals surface area (Å²) in [5, 5.41) is 0. The van der Waals surface area contributed by atoms with E-state index >= 15 is 0 Å². The molecule has 2 aromatic rings. The molecule has 4 rings (SSSR count). The van der Waals surface area contributed by atoms with E-state index < -0.39 is 44.4 Å². The first kappa shape index (κ1) is 43.3. The van der Waals surface area contributed by atoms with Gasteiger partial charge in [0.15, 0.2) is 0 Å². The molecule has 0 fully saturated rings. The summed E-state index contributed by atoms with van der Waals surface area (Å²) in [6, 6.07) is 12.6. The van der Waals surface area contributed by atoms with Crippen LogP contribution in [0.1, 0.15) is 90.5 Å². The summed E-state index contributed by atoms with van der Waals surface area (Å²) in [4.78, 5) is 47.6. The Bertz CT molecular complexity index is 1650. The van der Waals surface area contributed by atoms with E-state index in [0.29, 0.717) is 26.1 Å². The number of hydrogen-bond donors (Lipinski definition) is 0. The van der Waals surface area contributed by atoms with Gasteiger partial charge >= 0.3 is 23.9 Å². The van der Waals surface area contributed by atoms with Crippen LogP contribution in [0.5, 0.6) is 11.5 Å². The molecule has 0 spiro atoms. The van der Waals surface area contributed by atoms with Crippen LogP contribution in [0.2, 0.25) is 0 Å². The number of fused-ring (bicyclic) bond motifs is 2. The van der Waals surface area contributed by atoms with Gasteiger partial charge in [0.1, 0.15) is 21.2 Å². The van der Waals surface area contributed by atoms with E-state index in [1.165, 1.54) is 47.6 Å². The first-order valence-corrected chi connectivity index (χ1v) is 20.1. The molecule has 0 bridgehead atoms. The van der Waals surface area contributed by atoms with Crippen LogP contribution in [-0.4, -0.2) is 74.2 Å². The molecule has 0 amide bonds. The number of carbonyl (C=O) groups is 4. The molecule has 2 unspecified atom stereocenters. The van der Waals surface area contributed by atoms with Crippen molar-refractivity contribution in [3.05, 3.63) is 58.7 Å². The molecule has 296 valence electrons. The van der Waals surface area contributed by atoms with Gasteiger partial charge in [-0.25, -0.2) is 0 Å². The van der Waals surface area contributed by atoms with Crippen LogP contribution in [0.4, 0.5) is 0 Å². The van der Waals surface area contributed by atoms with Gasteiger partial charge in [-0.1, -0.05) is 71.7 Å². The van der Waals surface area contributed by atoms with Crippen LogP contribution in [0.15, 0.2) is 36.4 Å². The second-order valence-electron chi connectivity index (χ2n) is 16.4. The van der Waals surface area contributed by atoms with E-state index in [1.807, 2.05) is 12.1 Å². The lowest BCUT2D eigenvalue weighted by Crippen LogP contribution is -2.40. The highest BCUT2D eigenvalue weighted by atomic mass is 79.9. The van der Waals surface area contributed by atoms with E-state index in [4.69, 9.17) is 28.4 Å². The molecule has 0 aromatic heterocycles. The molecule has 0 N–H and O–H groups in total. The van der Waals surface area contributed by atoms with Gasteiger partial charge in [-0.2, -0.15) is 0 Å². The fraction of sp³-hybridized carbons (Fsp3) is 0.571. The van der Waals surface area contributed by atoms with Crippen LogP contribution in [0, 0.1) is 21.7 Å². The third-order valence-corrected chi connectivity index (χ3v) is 13.3. The lowest BCUT2D eigenvalue weighted by molar-refractivity contribution is -0.159. The highest BCUT2D eigenvalue weighted by molar-refractivity contribution is 9.10. The Morgan fingerprint density at radius 2 is 0.981 bits per heavy atom. The average molecular weight is 879 g/mol. The van der Waals surface area contributed by atoms with Crippen LogP contribution >= 0.6 is 31.9 Å². The van der Waals surface area contributed by atoms with Gasteiger partial charge in [-0.05, 0) is 109 Å². The minimum atomic E-state index is -1.09. The van der Waals surface area contributed by atoms with E-state index in [0.717, 1.165) is 24.3 Å². The number of alkyl halides is 2. The number of ether oxygens (including phenoxy) is 6. The van der Waals surface area contributed by atoms with Crippen molar-refractivity contribution in [1.29, 1.82) is 0 Å². The Morgan fingerprint density at radius 3 is 1.31 bits per heavy atom. The van der Waals surface area contributed by atoms with Crippen molar-refractivity contribution in [3.8, 4) is 11.5 Å². The molecule has 2 aliphatic carbocycles. The van der Waals surface area contributed by atoms with Crippen molar-refractivity contribution in [1.82, 2.24) is 0 Å². The van der Waals surface area contributed by atoms with Crippen molar-refractivity contribution in [2.45, 2.75) is 90.7 Å². The van der Waals surface area contributed by atoms with Crippen LogP contribution in [0.25, 0.3) is 11.1 Å². The molecule has 54 heavy (non-hydrogen) atoms. The molecule has 0 saturated heterocycles. The second-order valence-corrected chi connectivity index (χ2v) is 18.2. The zero-order chi connectivity index (χ0) is 40.2. The fourth-order valence-electron chi connectivity index (χ4n) is 7.07. The Labute approximate surface area is 336 Å². The zero-order valence-electron chi connectivity index (χ0n) is 33.1. The molecule has 0 aliphatic heterocycles. The molecule has 0 heterocycles. The molecular weight excluding hydrogens is 824 g/mol. The summed E-state index contributed by atoms with van der Waals surface area (Å²) < 4.78 is 32.8. The molecule has 0 radical (unpaired) electrons. The Kier molecular flexibility index (Phi) is 13.8. The van der Waals surface area contributed by atoms with Crippen molar-refractivity contribution in [3.63, 3.8) is 0 Å². The van der Waals surface area contributed by atoms with Crippen LogP contribution < -0.4 is 9.47 Å². The number of benzene rings is 2. The highest BCUT2D eigenvalue weighted by Crippen LogP contribution is 2.58. The van der Waals surface area contributed by atoms with E-state index in [-0.39, 0.29) is 24.0 Å².